The van der Waals surface area contributed by atoms with Crippen molar-refractivity contribution < 1.29 is 8.42 Å². The van der Waals surface area contributed by atoms with Crippen molar-refractivity contribution in [2.24, 2.45) is 0 Å². The molecule has 0 aliphatic carbocycles. The summed E-state index contributed by atoms with van der Waals surface area (Å²) in [6.07, 6.45) is 3.46. The van der Waals surface area contributed by atoms with Gasteiger partial charge in [-0.1, -0.05) is 6.92 Å². The molecule has 1 aliphatic heterocycles. The van der Waals surface area contributed by atoms with E-state index in [1.807, 2.05) is 6.92 Å². The maximum atomic E-state index is 12.3. The van der Waals surface area contributed by atoms with Crippen LogP contribution in [-0.4, -0.2) is 42.6 Å². The van der Waals surface area contributed by atoms with Crippen LogP contribution >= 0.6 is 0 Å². The fourth-order valence-corrected chi connectivity index (χ4v) is 3.59. The molecule has 0 aromatic carbocycles. The van der Waals surface area contributed by atoms with Gasteiger partial charge in [-0.2, -0.15) is 9.40 Å². The lowest BCUT2D eigenvalue weighted by atomic mass is 10.3. The van der Waals surface area contributed by atoms with Gasteiger partial charge in [-0.15, -0.1) is 0 Å². The fraction of sp³-hybridized carbons (Fsp3) is 0.700. The molecule has 0 amide bonds. The SMILES string of the molecule is CCNCc1cn[nH]c1S(=O)(=O)N1CCCC1. The Bertz CT molecular complexity index is 462. The predicted molar refractivity (Wildman–Crippen MR) is 64.0 cm³/mol. The Morgan fingerprint density at radius 2 is 2.18 bits per heavy atom. The summed E-state index contributed by atoms with van der Waals surface area (Å²) >= 11 is 0. The zero-order chi connectivity index (χ0) is 12.3. The Labute approximate surface area is 101 Å². The van der Waals surface area contributed by atoms with Crippen LogP contribution in [0.1, 0.15) is 25.3 Å². The van der Waals surface area contributed by atoms with Gasteiger partial charge in [0.15, 0.2) is 5.03 Å². The second-order valence-corrected chi connectivity index (χ2v) is 5.99. The molecule has 1 fully saturated rings. The van der Waals surface area contributed by atoms with Crippen LogP contribution in [0.3, 0.4) is 0 Å². The first-order chi connectivity index (χ1) is 8.16. The summed E-state index contributed by atoms with van der Waals surface area (Å²) < 4.78 is 26.1. The monoisotopic (exact) mass is 258 g/mol. The molecule has 7 heteroatoms. The minimum absolute atomic E-state index is 0.236. The number of sulfonamides is 1. The summed E-state index contributed by atoms with van der Waals surface area (Å²) in [6.45, 7) is 4.53. The number of H-pyrrole nitrogens is 1. The van der Waals surface area contributed by atoms with Gasteiger partial charge in [-0.25, -0.2) is 8.42 Å². The van der Waals surface area contributed by atoms with Crippen LogP contribution in [0.15, 0.2) is 11.2 Å². The standard InChI is InChI=1S/C10H18N4O2S/c1-2-11-7-9-8-12-13-10(9)17(15,16)14-5-3-4-6-14/h8,11H,2-7H2,1H3,(H,12,13). The Morgan fingerprint density at radius 3 is 2.82 bits per heavy atom. The average Bonchev–Trinajstić information content (AvgIpc) is 2.97. The molecular formula is C10H18N4O2S. The molecule has 0 unspecified atom stereocenters. The molecule has 2 N–H and O–H groups in total. The number of aromatic nitrogens is 2. The van der Waals surface area contributed by atoms with Gasteiger partial charge in [0, 0.05) is 25.2 Å². The highest BCUT2D eigenvalue weighted by Gasteiger charge is 2.30. The van der Waals surface area contributed by atoms with Crippen molar-refractivity contribution in [2.75, 3.05) is 19.6 Å². The molecule has 17 heavy (non-hydrogen) atoms. The maximum absolute atomic E-state index is 12.3. The van der Waals surface area contributed by atoms with Crippen LogP contribution in [-0.2, 0) is 16.6 Å². The first-order valence-electron chi connectivity index (χ1n) is 5.89. The Hall–Kier alpha value is -0.920. The Balaban J connectivity index is 2.23. The highest BCUT2D eigenvalue weighted by Crippen LogP contribution is 2.21. The molecule has 1 aromatic heterocycles. The zero-order valence-electron chi connectivity index (χ0n) is 9.94. The molecule has 0 atom stereocenters. The first kappa shape index (κ1) is 12.5. The van der Waals surface area contributed by atoms with Crippen LogP contribution < -0.4 is 5.32 Å². The number of hydrogen-bond donors (Lipinski definition) is 2. The quantitative estimate of drug-likeness (QED) is 0.796. The minimum Gasteiger partial charge on any atom is -0.313 e. The van der Waals surface area contributed by atoms with Gasteiger partial charge in [0.25, 0.3) is 10.0 Å². The third-order valence-electron chi connectivity index (χ3n) is 2.91. The van der Waals surface area contributed by atoms with Crippen LogP contribution in [0.5, 0.6) is 0 Å². The van der Waals surface area contributed by atoms with Crippen molar-refractivity contribution in [2.45, 2.75) is 31.3 Å². The summed E-state index contributed by atoms with van der Waals surface area (Å²) in [6, 6.07) is 0. The van der Waals surface area contributed by atoms with Gasteiger partial charge in [-0.3, -0.25) is 5.10 Å². The fourth-order valence-electron chi connectivity index (χ4n) is 1.97. The molecule has 0 radical (unpaired) electrons. The van der Waals surface area contributed by atoms with E-state index in [4.69, 9.17) is 0 Å². The second kappa shape index (κ2) is 5.16. The van der Waals surface area contributed by atoms with Crippen LogP contribution in [0.4, 0.5) is 0 Å². The lowest BCUT2D eigenvalue weighted by molar-refractivity contribution is 0.472. The van der Waals surface area contributed by atoms with Crippen molar-refractivity contribution in [3.63, 3.8) is 0 Å². The molecule has 2 rings (SSSR count). The summed E-state index contributed by atoms with van der Waals surface area (Å²) in [5, 5.41) is 9.80. The molecule has 2 heterocycles. The van der Waals surface area contributed by atoms with E-state index in [0.29, 0.717) is 25.2 Å². The van der Waals surface area contributed by atoms with E-state index in [0.717, 1.165) is 19.4 Å². The van der Waals surface area contributed by atoms with E-state index in [2.05, 4.69) is 15.5 Å². The van der Waals surface area contributed by atoms with Crippen LogP contribution in [0.2, 0.25) is 0 Å². The van der Waals surface area contributed by atoms with Gasteiger partial charge in [0.2, 0.25) is 0 Å². The summed E-state index contributed by atoms with van der Waals surface area (Å²) in [5.41, 5.74) is 0.707. The van der Waals surface area contributed by atoms with Gasteiger partial charge in [0.1, 0.15) is 0 Å². The minimum atomic E-state index is -3.38. The summed E-state index contributed by atoms with van der Waals surface area (Å²) in [5.74, 6) is 0. The normalized spacial score (nSPS) is 17.7. The molecule has 0 saturated carbocycles. The molecule has 1 saturated heterocycles. The van der Waals surface area contributed by atoms with E-state index in [1.54, 1.807) is 6.20 Å². The van der Waals surface area contributed by atoms with E-state index in [1.165, 1.54) is 4.31 Å². The van der Waals surface area contributed by atoms with Gasteiger partial charge < -0.3 is 5.32 Å². The van der Waals surface area contributed by atoms with Crippen molar-refractivity contribution in [3.05, 3.63) is 11.8 Å². The lowest BCUT2D eigenvalue weighted by Crippen LogP contribution is -2.29. The largest absolute Gasteiger partial charge is 0.313 e. The Kier molecular flexibility index (Phi) is 3.80. The number of nitrogens with one attached hydrogen (secondary N) is 2. The van der Waals surface area contributed by atoms with Gasteiger partial charge >= 0.3 is 0 Å². The molecule has 0 bridgehead atoms. The van der Waals surface area contributed by atoms with Crippen molar-refractivity contribution in [3.8, 4) is 0 Å². The maximum Gasteiger partial charge on any atom is 0.260 e. The summed E-state index contributed by atoms with van der Waals surface area (Å²) in [4.78, 5) is 0. The third-order valence-corrected chi connectivity index (χ3v) is 4.82. The van der Waals surface area contributed by atoms with E-state index >= 15 is 0 Å². The number of aromatic amines is 1. The average molecular weight is 258 g/mol. The van der Waals surface area contributed by atoms with Crippen molar-refractivity contribution in [1.82, 2.24) is 19.8 Å². The topological polar surface area (TPSA) is 78.1 Å². The highest BCUT2D eigenvalue weighted by atomic mass is 32.2. The molecule has 96 valence electrons. The molecule has 1 aromatic rings. The Morgan fingerprint density at radius 1 is 1.47 bits per heavy atom. The molecule has 1 aliphatic rings. The molecular weight excluding hydrogens is 240 g/mol. The lowest BCUT2D eigenvalue weighted by Gasteiger charge is -2.15. The number of hydrogen-bond acceptors (Lipinski definition) is 4. The van der Waals surface area contributed by atoms with E-state index in [-0.39, 0.29) is 5.03 Å². The third kappa shape index (κ3) is 2.51. The van der Waals surface area contributed by atoms with Gasteiger partial charge in [0.05, 0.1) is 6.20 Å². The van der Waals surface area contributed by atoms with Crippen LogP contribution in [0.25, 0.3) is 0 Å². The van der Waals surface area contributed by atoms with Crippen molar-refractivity contribution in [1.29, 1.82) is 0 Å². The first-order valence-corrected chi connectivity index (χ1v) is 7.33. The zero-order valence-corrected chi connectivity index (χ0v) is 10.8. The van der Waals surface area contributed by atoms with Gasteiger partial charge in [-0.05, 0) is 19.4 Å². The summed E-state index contributed by atoms with van der Waals surface area (Å²) in [7, 11) is -3.38. The smallest absolute Gasteiger partial charge is 0.260 e. The number of nitrogens with zero attached hydrogens (tertiary/aromatic N) is 2. The number of rotatable bonds is 5. The highest BCUT2D eigenvalue weighted by molar-refractivity contribution is 7.89. The van der Waals surface area contributed by atoms with E-state index < -0.39 is 10.0 Å². The predicted octanol–water partition coefficient (Wildman–Crippen LogP) is 0.304. The molecule has 6 nitrogen and oxygen atoms in total. The molecule has 0 spiro atoms. The van der Waals surface area contributed by atoms with Crippen molar-refractivity contribution >= 4 is 10.0 Å². The van der Waals surface area contributed by atoms with Crippen LogP contribution in [0, 0.1) is 0 Å². The second-order valence-electron chi connectivity index (χ2n) is 4.12. The van der Waals surface area contributed by atoms with E-state index in [9.17, 15) is 8.42 Å².